The number of carbonyl (C=O) groups excluding carboxylic acids is 1. The van der Waals surface area contributed by atoms with E-state index < -0.39 is 5.54 Å². The minimum atomic E-state index is -0.656. The van der Waals surface area contributed by atoms with Crippen molar-refractivity contribution in [3.8, 4) is 0 Å². The third-order valence-corrected chi connectivity index (χ3v) is 2.34. The molecule has 0 saturated heterocycles. The molecule has 1 saturated carbocycles. The van der Waals surface area contributed by atoms with Crippen LogP contribution in [0.5, 0.6) is 0 Å². The summed E-state index contributed by atoms with van der Waals surface area (Å²) in [7, 11) is 0. The van der Waals surface area contributed by atoms with Gasteiger partial charge in [0.2, 0.25) is 0 Å². The van der Waals surface area contributed by atoms with E-state index in [-0.39, 0.29) is 5.78 Å². The van der Waals surface area contributed by atoms with Crippen LogP contribution in [0.4, 0.5) is 5.69 Å². The Kier molecular flexibility index (Phi) is 1.60. The smallest absolute Gasteiger partial charge is 0.186 e. The highest BCUT2D eigenvalue weighted by Crippen LogP contribution is 2.36. The summed E-state index contributed by atoms with van der Waals surface area (Å²) in [6.07, 6.45) is 4.53. The molecule has 1 aromatic heterocycles. The topological polar surface area (TPSA) is 82.0 Å². The molecule has 0 radical (unpaired) electrons. The summed E-state index contributed by atoms with van der Waals surface area (Å²) in [6, 6.07) is 1.61. The fourth-order valence-electron chi connectivity index (χ4n) is 1.22. The number of nitrogen functional groups attached to an aromatic ring is 1. The standard InChI is InChI=1S/C9H11N3O/c10-7-1-4-12-5-6(7)8(13)9(11)2-3-9/h1,4-5H,2-3,11H2,(H2,10,12). The first-order chi connectivity index (χ1) is 6.13. The van der Waals surface area contributed by atoms with Crippen LogP contribution in [-0.4, -0.2) is 16.3 Å². The van der Waals surface area contributed by atoms with Gasteiger partial charge in [0.25, 0.3) is 0 Å². The third-order valence-electron chi connectivity index (χ3n) is 2.34. The van der Waals surface area contributed by atoms with Crippen LogP contribution in [0.3, 0.4) is 0 Å². The lowest BCUT2D eigenvalue weighted by Gasteiger charge is -2.08. The van der Waals surface area contributed by atoms with Crippen LogP contribution in [0.25, 0.3) is 0 Å². The minimum Gasteiger partial charge on any atom is -0.398 e. The number of Topliss-reactive ketones (excluding diaryl/α,β-unsaturated/α-hetero) is 1. The van der Waals surface area contributed by atoms with Crippen molar-refractivity contribution in [2.75, 3.05) is 5.73 Å². The molecule has 0 bridgehead atoms. The average molecular weight is 177 g/mol. The molecule has 1 aliphatic carbocycles. The lowest BCUT2D eigenvalue weighted by Crippen LogP contribution is -2.33. The number of anilines is 1. The first-order valence-corrected chi connectivity index (χ1v) is 4.17. The zero-order chi connectivity index (χ0) is 9.47. The summed E-state index contributed by atoms with van der Waals surface area (Å²) < 4.78 is 0. The molecule has 2 rings (SSSR count). The van der Waals surface area contributed by atoms with E-state index in [1.807, 2.05) is 0 Å². The van der Waals surface area contributed by atoms with E-state index in [9.17, 15) is 4.79 Å². The Labute approximate surface area is 75.9 Å². The lowest BCUT2D eigenvalue weighted by molar-refractivity contribution is 0.0950. The zero-order valence-corrected chi connectivity index (χ0v) is 7.16. The highest BCUT2D eigenvalue weighted by atomic mass is 16.1. The van der Waals surface area contributed by atoms with Crippen LogP contribution in [0.1, 0.15) is 23.2 Å². The number of hydrogen-bond acceptors (Lipinski definition) is 4. The van der Waals surface area contributed by atoms with Gasteiger partial charge < -0.3 is 11.5 Å². The molecule has 13 heavy (non-hydrogen) atoms. The van der Waals surface area contributed by atoms with E-state index in [2.05, 4.69) is 4.98 Å². The summed E-state index contributed by atoms with van der Waals surface area (Å²) in [5.41, 5.74) is 11.6. The van der Waals surface area contributed by atoms with Crippen LogP contribution in [0.2, 0.25) is 0 Å². The predicted octanol–water partition coefficient (Wildman–Crippen LogP) is 0.338. The van der Waals surface area contributed by atoms with Crippen molar-refractivity contribution < 1.29 is 4.79 Å². The monoisotopic (exact) mass is 177 g/mol. The lowest BCUT2D eigenvalue weighted by atomic mass is 10.0. The van der Waals surface area contributed by atoms with Gasteiger partial charge in [-0.1, -0.05) is 0 Å². The van der Waals surface area contributed by atoms with Gasteiger partial charge in [-0.25, -0.2) is 0 Å². The van der Waals surface area contributed by atoms with Gasteiger partial charge in [0, 0.05) is 18.1 Å². The number of hydrogen-bond donors (Lipinski definition) is 2. The number of nitrogens with zero attached hydrogens (tertiary/aromatic N) is 1. The summed E-state index contributed by atoms with van der Waals surface area (Å²) in [5, 5.41) is 0. The Morgan fingerprint density at radius 1 is 1.54 bits per heavy atom. The highest BCUT2D eigenvalue weighted by molar-refractivity contribution is 6.08. The van der Waals surface area contributed by atoms with Crippen LogP contribution in [0.15, 0.2) is 18.5 Å². The molecule has 1 fully saturated rings. The van der Waals surface area contributed by atoms with Crippen molar-refractivity contribution in [1.82, 2.24) is 4.98 Å². The number of carbonyl (C=O) groups is 1. The maximum Gasteiger partial charge on any atom is 0.186 e. The Bertz CT molecular complexity index is 358. The van der Waals surface area contributed by atoms with Gasteiger partial charge in [0.05, 0.1) is 11.1 Å². The molecule has 4 nitrogen and oxygen atoms in total. The molecular weight excluding hydrogens is 166 g/mol. The maximum absolute atomic E-state index is 11.7. The molecule has 0 aromatic carbocycles. The van der Waals surface area contributed by atoms with Crippen molar-refractivity contribution in [1.29, 1.82) is 0 Å². The molecule has 4 N–H and O–H groups in total. The van der Waals surface area contributed by atoms with Crippen molar-refractivity contribution in [2.45, 2.75) is 18.4 Å². The van der Waals surface area contributed by atoms with Gasteiger partial charge in [-0.3, -0.25) is 9.78 Å². The van der Waals surface area contributed by atoms with Gasteiger partial charge in [-0.2, -0.15) is 0 Å². The molecule has 4 heteroatoms. The zero-order valence-electron chi connectivity index (χ0n) is 7.16. The fourth-order valence-corrected chi connectivity index (χ4v) is 1.22. The molecular formula is C9H11N3O. The average Bonchev–Trinajstić information content (AvgIpc) is 2.85. The molecule has 0 unspecified atom stereocenters. The predicted molar refractivity (Wildman–Crippen MR) is 49.1 cm³/mol. The Morgan fingerprint density at radius 3 is 2.77 bits per heavy atom. The molecule has 0 spiro atoms. The number of rotatable bonds is 2. The Balaban J connectivity index is 2.36. The van der Waals surface area contributed by atoms with Gasteiger partial charge in [-0.15, -0.1) is 0 Å². The van der Waals surface area contributed by atoms with E-state index in [4.69, 9.17) is 11.5 Å². The largest absolute Gasteiger partial charge is 0.398 e. The van der Waals surface area contributed by atoms with E-state index in [0.29, 0.717) is 11.3 Å². The number of nitrogens with two attached hydrogens (primary N) is 2. The first kappa shape index (κ1) is 8.19. The van der Waals surface area contributed by atoms with Crippen LogP contribution < -0.4 is 11.5 Å². The summed E-state index contributed by atoms with van der Waals surface area (Å²) in [4.78, 5) is 15.6. The van der Waals surface area contributed by atoms with E-state index in [1.165, 1.54) is 6.20 Å². The molecule has 68 valence electrons. The second-order valence-electron chi connectivity index (χ2n) is 3.45. The van der Waals surface area contributed by atoms with E-state index in [1.54, 1.807) is 12.3 Å². The number of pyridine rings is 1. The Hall–Kier alpha value is -1.42. The molecule has 0 amide bonds. The van der Waals surface area contributed by atoms with Crippen molar-refractivity contribution in [3.05, 3.63) is 24.0 Å². The van der Waals surface area contributed by atoms with Crippen LogP contribution >= 0.6 is 0 Å². The van der Waals surface area contributed by atoms with Gasteiger partial charge in [0.1, 0.15) is 0 Å². The van der Waals surface area contributed by atoms with Crippen molar-refractivity contribution in [2.24, 2.45) is 5.73 Å². The summed E-state index contributed by atoms with van der Waals surface area (Å²) in [6.45, 7) is 0. The van der Waals surface area contributed by atoms with Crippen LogP contribution in [-0.2, 0) is 0 Å². The normalized spacial score (nSPS) is 18.2. The summed E-state index contributed by atoms with van der Waals surface area (Å²) >= 11 is 0. The van der Waals surface area contributed by atoms with Gasteiger partial charge >= 0.3 is 0 Å². The molecule has 1 heterocycles. The number of ketones is 1. The fraction of sp³-hybridized carbons (Fsp3) is 0.333. The second-order valence-corrected chi connectivity index (χ2v) is 3.45. The van der Waals surface area contributed by atoms with Crippen molar-refractivity contribution in [3.63, 3.8) is 0 Å². The van der Waals surface area contributed by atoms with Gasteiger partial charge in [0.15, 0.2) is 5.78 Å². The summed E-state index contributed by atoms with van der Waals surface area (Å²) in [5.74, 6) is -0.0851. The van der Waals surface area contributed by atoms with Crippen LogP contribution in [0, 0.1) is 0 Å². The van der Waals surface area contributed by atoms with Crippen molar-refractivity contribution >= 4 is 11.5 Å². The second kappa shape index (κ2) is 2.53. The molecule has 1 aromatic rings. The minimum absolute atomic E-state index is 0.0851. The highest BCUT2D eigenvalue weighted by Gasteiger charge is 2.46. The quantitative estimate of drug-likeness (QED) is 0.638. The molecule has 1 aliphatic rings. The van der Waals surface area contributed by atoms with E-state index in [0.717, 1.165) is 12.8 Å². The molecule has 0 atom stereocenters. The Morgan fingerprint density at radius 2 is 2.23 bits per heavy atom. The first-order valence-electron chi connectivity index (χ1n) is 4.17. The van der Waals surface area contributed by atoms with Gasteiger partial charge in [-0.05, 0) is 18.9 Å². The third kappa shape index (κ3) is 1.29. The SMILES string of the molecule is Nc1ccncc1C(=O)C1(N)CC1. The van der Waals surface area contributed by atoms with E-state index >= 15 is 0 Å². The molecule has 0 aliphatic heterocycles. The number of aromatic nitrogens is 1. The maximum atomic E-state index is 11.7.